The number of piperidine rings is 1. The van der Waals surface area contributed by atoms with Crippen molar-refractivity contribution >= 4 is 23.2 Å². The van der Waals surface area contributed by atoms with Crippen LogP contribution in [0.5, 0.6) is 0 Å². The molecule has 3 rings (SSSR count). The highest BCUT2D eigenvalue weighted by molar-refractivity contribution is 6.33. The highest BCUT2D eigenvalue weighted by Crippen LogP contribution is 2.26. The molecule has 0 radical (unpaired) electrons. The molecule has 2 saturated heterocycles. The van der Waals surface area contributed by atoms with Gasteiger partial charge < -0.3 is 15.1 Å². The molecule has 0 saturated carbocycles. The molecule has 138 valence electrons. The summed E-state index contributed by atoms with van der Waals surface area (Å²) in [5.41, 5.74) is 0.701. The van der Waals surface area contributed by atoms with Gasteiger partial charge >= 0.3 is 0 Å². The smallest absolute Gasteiger partial charge is 0.225 e. The number of anilines is 1. The number of hydrogen-bond acceptors (Lipinski definition) is 3. The Morgan fingerprint density at radius 3 is 2.56 bits per heavy atom. The highest BCUT2D eigenvalue weighted by Gasteiger charge is 2.28. The van der Waals surface area contributed by atoms with Crippen molar-refractivity contribution in [3.05, 3.63) is 29.3 Å². The lowest BCUT2D eigenvalue weighted by Crippen LogP contribution is -2.43. The Labute approximate surface area is 156 Å². The third-order valence-electron chi connectivity index (χ3n) is 5.83. The lowest BCUT2D eigenvalue weighted by Gasteiger charge is -2.38. The molecule has 2 fully saturated rings. The Hall–Kier alpha value is -1.10. The maximum absolute atomic E-state index is 12.2. The number of nitrogens with zero attached hydrogens (tertiary/aromatic N) is 2. The molecule has 2 heterocycles. The van der Waals surface area contributed by atoms with Gasteiger partial charge in [0, 0.05) is 19.0 Å². The van der Waals surface area contributed by atoms with E-state index in [9.17, 15) is 4.79 Å². The molecular weight excluding hydrogens is 334 g/mol. The zero-order valence-electron chi connectivity index (χ0n) is 15.2. The summed E-state index contributed by atoms with van der Waals surface area (Å²) in [6.07, 6.45) is 5.76. The van der Waals surface area contributed by atoms with E-state index in [4.69, 9.17) is 11.6 Å². The fourth-order valence-corrected chi connectivity index (χ4v) is 4.32. The number of carbonyl (C=O) groups excluding carboxylic acids is 1. The van der Waals surface area contributed by atoms with Crippen LogP contribution in [0.1, 0.15) is 39.0 Å². The molecular formula is C20H30ClN3O. The summed E-state index contributed by atoms with van der Waals surface area (Å²) in [6, 6.07) is 8.10. The van der Waals surface area contributed by atoms with Crippen molar-refractivity contribution in [2.75, 3.05) is 38.0 Å². The van der Waals surface area contributed by atoms with Gasteiger partial charge in [-0.1, -0.05) is 23.7 Å². The van der Waals surface area contributed by atoms with E-state index in [1.165, 1.54) is 38.8 Å². The van der Waals surface area contributed by atoms with Gasteiger partial charge in [-0.2, -0.15) is 0 Å². The van der Waals surface area contributed by atoms with Crippen molar-refractivity contribution in [2.45, 2.75) is 45.1 Å². The van der Waals surface area contributed by atoms with Crippen molar-refractivity contribution in [3.63, 3.8) is 0 Å². The van der Waals surface area contributed by atoms with Crippen molar-refractivity contribution in [3.8, 4) is 0 Å². The molecule has 2 aliphatic heterocycles. The first-order valence-corrected chi connectivity index (χ1v) is 10.0. The van der Waals surface area contributed by atoms with E-state index in [1.54, 1.807) is 6.07 Å². The van der Waals surface area contributed by atoms with Crippen LogP contribution in [-0.4, -0.2) is 54.5 Å². The van der Waals surface area contributed by atoms with Gasteiger partial charge in [0.1, 0.15) is 0 Å². The predicted octanol–water partition coefficient (Wildman–Crippen LogP) is 3.86. The van der Waals surface area contributed by atoms with Gasteiger partial charge in [0.25, 0.3) is 0 Å². The summed E-state index contributed by atoms with van der Waals surface area (Å²) in [5.74, 6) is 0.854. The Kier molecular flexibility index (Phi) is 6.74. The van der Waals surface area contributed by atoms with Gasteiger partial charge in [-0.15, -0.1) is 0 Å². The normalized spacial score (nSPS) is 21.4. The van der Waals surface area contributed by atoms with Crippen molar-refractivity contribution < 1.29 is 4.79 Å². The van der Waals surface area contributed by atoms with Gasteiger partial charge in [-0.05, 0) is 76.8 Å². The average molecular weight is 364 g/mol. The number of likely N-dealkylation sites (tertiary alicyclic amines) is 2. The molecule has 0 bridgehead atoms. The summed E-state index contributed by atoms with van der Waals surface area (Å²) in [4.78, 5) is 17.2. The van der Waals surface area contributed by atoms with Crippen LogP contribution < -0.4 is 5.32 Å². The van der Waals surface area contributed by atoms with E-state index in [0.29, 0.717) is 23.2 Å². The molecule has 1 aromatic rings. The molecule has 0 spiro atoms. The van der Waals surface area contributed by atoms with E-state index in [0.717, 1.165) is 25.6 Å². The lowest BCUT2D eigenvalue weighted by atomic mass is 9.89. The fourth-order valence-electron chi connectivity index (χ4n) is 4.14. The van der Waals surface area contributed by atoms with E-state index in [2.05, 4.69) is 22.0 Å². The van der Waals surface area contributed by atoms with Gasteiger partial charge in [0.05, 0.1) is 10.7 Å². The topological polar surface area (TPSA) is 35.6 Å². The Bertz CT molecular complexity index is 566. The first-order valence-electron chi connectivity index (χ1n) is 9.64. The summed E-state index contributed by atoms with van der Waals surface area (Å²) < 4.78 is 0. The fraction of sp³-hybridized carbons (Fsp3) is 0.650. The molecule has 25 heavy (non-hydrogen) atoms. The van der Waals surface area contributed by atoms with Crippen LogP contribution in [-0.2, 0) is 4.79 Å². The van der Waals surface area contributed by atoms with Gasteiger partial charge in [-0.25, -0.2) is 0 Å². The Balaban J connectivity index is 1.37. The minimum absolute atomic E-state index is 0.0423. The standard InChI is InChI=1S/C20H30ClN3O/c1-16(24-11-4-5-12-24)17-8-13-23(14-9-17)15-10-20(25)22-19-7-3-2-6-18(19)21/h2-3,6-7,16-17H,4-5,8-15H2,1H3,(H,22,25)/t16-/m1/s1. The minimum atomic E-state index is 0.0423. The number of rotatable bonds is 6. The van der Waals surface area contributed by atoms with Gasteiger partial charge in [0.2, 0.25) is 5.91 Å². The lowest BCUT2D eigenvalue weighted by molar-refractivity contribution is -0.116. The maximum Gasteiger partial charge on any atom is 0.225 e. The van der Waals surface area contributed by atoms with Crippen LogP contribution >= 0.6 is 11.6 Å². The first-order chi connectivity index (χ1) is 12.1. The molecule has 5 heteroatoms. The van der Waals surface area contributed by atoms with Crippen molar-refractivity contribution in [1.29, 1.82) is 0 Å². The van der Waals surface area contributed by atoms with E-state index < -0.39 is 0 Å². The number of nitrogens with one attached hydrogen (secondary N) is 1. The molecule has 1 atom stereocenters. The van der Waals surface area contributed by atoms with E-state index in [-0.39, 0.29) is 5.91 Å². The first kappa shape index (κ1) is 18.7. The molecule has 0 aromatic heterocycles. The number of amides is 1. The second-order valence-electron chi connectivity index (χ2n) is 7.44. The van der Waals surface area contributed by atoms with E-state index in [1.807, 2.05) is 18.2 Å². The number of carbonyl (C=O) groups is 1. The second-order valence-corrected chi connectivity index (χ2v) is 7.85. The predicted molar refractivity (Wildman–Crippen MR) is 104 cm³/mol. The van der Waals surface area contributed by atoms with Crippen LogP contribution in [0.4, 0.5) is 5.69 Å². The van der Waals surface area contributed by atoms with Crippen molar-refractivity contribution in [2.24, 2.45) is 5.92 Å². The summed E-state index contributed by atoms with van der Waals surface area (Å²) in [5, 5.41) is 3.50. The third kappa shape index (κ3) is 5.19. The summed E-state index contributed by atoms with van der Waals surface area (Å²) in [7, 11) is 0. The Morgan fingerprint density at radius 1 is 1.20 bits per heavy atom. The quantitative estimate of drug-likeness (QED) is 0.833. The van der Waals surface area contributed by atoms with Crippen LogP contribution in [0, 0.1) is 5.92 Å². The summed E-state index contributed by atoms with van der Waals surface area (Å²) in [6.45, 7) is 8.03. The monoisotopic (exact) mass is 363 g/mol. The zero-order valence-corrected chi connectivity index (χ0v) is 16.0. The molecule has 4 nitrogen and oxygen atoms in total. The molecule has 0 aliphatic carbocycles. The second kappa shape index (κ2) is 9.02. The number of para-hydroxylation sites is 1. The van der Waals surface area contributed by atoms with Crippen LogP contribution in [0.15, 0.2) is 24.3 Å². The Morgan fingerprint density at radius 2 is 1.88 bits per heavy atom. The highest BCUT2D eigenvalue weighted by atomic mass is 35.5. The zero-order chi connectivity index (χ0) is 17.6. The average Bonchev–Trinajstić information content (AvgIpc) is 3.16. The van der Waals surface area contributed by atoms with Gasteiger partial charge in [-0.3, -0.25) is 4.79 Å². The van der Waals surface area contributed by atoms with Crippen LogP contribution in [0.2, 0.25) is 5.02 Å². The molecule has 0 unspecified atom stereocenters. The van der Waals surface area contributed by atoms with Gasteiger partial charge in [0.15, 0.2) is 0 Å². The maximum atomic E-state index is 12.2. The SMILES string of the molecule is C[C@H](C1CCN(CCC(=O)Nc2ccccc2Cl)CC1)N1CCCC1. The van der Waals surface area contributed by atoms with E-state index >= 15 is 0 Å². The molecule has 1 amide bonds. The van der Waals surface area contributed by atoms with Crippen molar-refractivity contribution in [1.82, 2.24) is 9.80 Å². The molecule has 1 N–H and O–H groups in total. The minimum Gasteiger partial charge on any atom is -0.325 e. The number of hydrogen-bond donors (Lipinski definition) is 1. The van der Waals surface area contributed by atoms with Crippen LogP contribution in [0.25, 0.3) is 0 Å². The molecule has 1 aromatic carbocycles. The van der Waals surface area contributed by atoms with Crippen LogP contribution in [0.3, 0.4) is 0 Å². The number of halogens is 1. The summed E-state index contributed by atoms with van der Waals surface area (Å²) >= 11 is 6.09. The molecule has 2 aliphatic rings. The number of benzene rings is 1. The largest absolute Gasteiger partial charge is 0.325 e. The third-order valence-corrected chi connectivity index (χ3v) is 6.16.